The van der Waals surface area contributed by atoms with E-state index in [1.54, 1.807) is 18.3 Å². The molecule has 3 aromatic rings. The largest absolute Gasteiger partial charge is 0.378 e. The van der Waals surface area contributed by atoms with Gasteiger partial charge in [0.1, 0.15) is 0 Å². The van der Waals surface area contributed by atoms with E-state index in [1.807, 2.05) is 35.3 Å². The molecule has 39 heavy (non-hydrogen) atoms. The van der Waals surface area contributed by atoms with Gasteiger partial charge in [-0.1, -0.05) is 18.2 Å². The van der Waals surface area contributed by atoms with E-state index in [1.165, 1.54) is 0 Å². The van der Waals surface area contributed by atoms with Gasteiger partial charge in [0.15, 0.2) is 0 Å². The lowest BCUT2D eigenvalue weighted by atomic mass is 10.2. The van der Waals surface area contributed by atoms with Crippen molar-refractivity contribution in [3.05, 3.63) is 54.6 Å². The zero-order valence-corrected chi connectivity index (χ0v) is 22.1. The van der Waals surface area contributed by atoms with Crippen molar-refractivity contribution in [1.29, 1.82) is 0 Å². The van der Waals surface area contributed by atoms with Gasteiger partial charge in [-0.15, -0.1) is 0 Å². The highest BCUT2D eigenvalue weighted by atomic mass is 16.5. The molecule has 210 valence electrons. The number of imidazole rings is 1. The van der Waals surface area contributed by atoms with E-state index in [4.69, 9.17) is 14.2 Å². The summed E-state index contributed by atoms with van der Waals surface area (Å²) in [5, 5.41) is 9.37. The normalized spacial score (nSPS) is 13.3. The molecule has 4 rings (SSSR count). The molecule has 1 aliphatic rings. The minimum absolute atomic E-state index is 0.107. The molecule has 0 radical (unpaired) electrons. The van der Waals surface area contributed by atoms with Gasteiger partial charge in [-0.3, -0.25) is 4.79 Å². The lowest BCUT2D eigenvalue weighted by Crippen LogP contribution is -2.37. The molecular weight excluding hydrogens is 502 g/mol. The van der Waals surface area contributed by atoms with E-state index in [0.29, 0.717) is 76.1 Å². The average Bonchev–Trinajstić information content (AvgIpc) is 3.51. The van der Waals surface area contributed by atoms with E-state index < -0.39 is 0 Å². The molecule has 1 aromatic carbocycles. The Labute approximate surface area is 228 Å². The van der Waals surface area contributed by atoms with Crippen LogP contribution in [0.5, 0.6) is 0 Å². The topological polar surface area (TPSA) is 141 Å². The smallest absolute Gasteiger partial charge is 0.251 e. The fourth-order valence-electron chi connectivity index (χ4n) is 3.79. The fourth-order valence-corrected chi connectivity index (χ4v) is 3.79. The van der Waals surface area contributed by atoms with Gasteiger partial charge in [-0.2, -0.15) is 15.0 Å². The molecule has 3 heterocycles. The zero-order valence-electron chi connectivity index (χ0n) is 22.1. The predicted molar refractivity (Wildman–Crippen MR) is 147 cm³/mol. The van der Waals surface area contributed by atoms with Crippen LogP contribution in [-0.2, 0) is 20.8 Å². The first kappa shape index (κ1) is 28.2. The second-order valence-corrected chi connectivity index (χ2v) is 8.74. The molecule has 13 nitrogen and oxygen atoms in total. The highest BCUT2D eigenvalue weighted by Crippen LogP contribution is 2.15. The summed E-state index contributed by atoms with van der Waals surface area (Å²) in [5.74, 6) is 1.55. The number of nitrogens with zero attached hydrogens (tertiary/aromatic N) is 6. The number of carbonyl (C=O) groups excluding carboxylic acids is 1. The minimum atomic E-state index is -0.107. The number of amides is 1. The molecule has 2 aromatic heterocycles. The summed E-state index contributed by atoms with van der Waals surface area (Å²) in [4.78, 5) is 31.9. The van der Waals surface area contributed by atoms with Crippen LogP contribution in [0.15, 0.2) is 49.1 Å². The Bertz CT molecular complexity index is 1100. The van der Waals surface area contributed by atoms with Crippen LogP contribution < -0.4 is 20.9 Å². The maximum atomic E-state index is 12.0. The molecule has 1 fully saturated rings. The van der Waals surface area contributed by atoms with Crippen molar-refractivity contribution in [1.82, 2.24) is 29.8 Å². The van der Waals surface area contributed by atoms with Gasteiger partial charge in [0, 0.05) is 57.2 Å². The van der Waals surface area contributed by atoms with Crippen LogP contribution in [0.1, 0.15) is 16.8 Å². The first-order valence-corrected chi connectivity index (χ1v) is 13.3. The number of ether oxygens (including phenoxy) is 3. The zero-order chi connectivity index (χ0) is 27.0. The second-order valence-electron chi connectivity index (χ2n) is 8.74. The van der Waals surface area contributed by atoms with E-state index >= 15 is 0 Å². The number of morpholine rings is 1. The van der Waals surface area contributed by atoms with Crippen LogP contribution in [0.3, 0.4) is 0 Å². The second kappa shape index (κ2) is 16.2. The number of nitrogens with one attached hydrogen (secondary N) is 3. The maximum Gasteiger partial charge on any atom is 0.251 e. The van der Waals surface area contributed by atoms with E-state index in [0.717, 1.165) is 32.6 Å². The summed E-state index contributed by atoms with van der Waals surface area (Å²) in [7, 11) is 0. The molecule has 0 atom stereocenters. The van der Waals surface area contributed by atoms with Gasteiger partial charge in [-0.05, 0) is 18.6 Å². The number of hydrogen-bond acceptors (Lipinski definition) is 11. The standard InChI is InChI=1S/C26H37N9O4/c36-23(22-5-2-1-3-6-22)28-9-15-37-19-20-38-16-10-30-25-31-24(29-7-4-11-34-12-8-27-21-34)32-26(33-25)35-13-17-39-18-14-35/h1-3,5-6,8,12,21H,4,7,9-11,13-20H2,(H,28,36)(H2,29,30,31,32,33). The Balaban J connectivity index is 1.12. The maximum absolute atomic E-state index is 12.0. The highest BCUT2D eigenvalue weighted by Gasteiger charge is 2.16. The molecule has 0 bridgehead atoms. The van der Waals surface area contributed by atoms with Crippen LogP contribution in [0.2, 0.25) is 0 Å². The van der Waals surface area contributed by atoms with Crippen LogP contribution in [0, 0.1) is 0 Å². The Morgan fingerprint density at radius 2 is 1.62 bits per heavy atom. The van der Waals surface area contributed by atoms with Crippen LogP contribution in [0.4, 0.5) is 17.8 Å². The van der Waals surface area contributed by atoms with Gasteiger partial charge in [-0.25, -0.2) is 4.98 Å². The third kappa shape index (κ3) is 10.1. The predicted octanol–water partition coefficient (Wildman–Crippen LogP) is 1.28. The molecule has 1 saturated heterocycles. The summed E-state index contributed by atoms with van der Waals surface area (Å²) in [6.45, 7) is 7.15. The summed E-state index contributed by atoms with van der Waals surface area (Å²) in [5.41, 5.74) is 0.636. The Morgan fingerprint density at radius 1 is 0.897 bits per heavy atom. The number of aromatic nitrogens is 5. The number of aryl methyl sites for hydroxylation is 1. The third-order valence-electron chi connectivity index (χ3n) is 5.82. The van der Waals surface area contributed by atoms with Gasteiger partial charge in [0.25, 0.3) is 5.91 Å². The molecular formula is C26H37N9O4. The van der Waals surface area contributed by atoms with Crippen molar-refractivity contribution in [3.63, 3.8) is 0 Å². The van der Waals surface area contributed by atoms with Crippen LogP contribution >= 0.6 is 0 Å². The summed E-state index contributed by atoms with van der Waals surface area (Å²) in [6.07, 6.45) is 6.44. The monoisotopic (exact) mass is 539 g/mol. The van der Waals surface area contributed by atoms with Crippen molar-refractivity contribution >= 4 is 23.8 Å². The van der Waals surface area contributed by atoms with Crippen molar-refractivity contribution in [2.75, 3.05) is 87.9 Å². The molecule has 3 N–H and O–H groups in total. The lowest BCUT2D eigenvalue weighted by Gasteiger charge is -2.27. The Hall–Kier alpha value is -3.81. The van der Waals surface area contributed by atoms with Gasteiger partial charge in [0.2, 0.25) is 17.8 Å². The molecule has 0 aliphatic carbocycles. The van der Waals surface area contributed by atoms with Gasteiger partial charge < -0.3 is 39.6 Å². The number of benzene rings is 1. The van der Waals surface area contributed by atoms with Crippen molar-refractivity contribution < 1.29 is 19.0 Å². The van der Waals surface area contributed by atoms with E-state index in [2.05, 4.69) is 40.8 Å². The minimum Gasteiger partial charge on any atom is -0.378 e. The lowest BCUT2D eigenvalue weighted by molar-refractivity contribution is 0.0519. The van der Waals surface area contributed by atoms with Crippen LogP contribution in [0.25, 0.3) is 0 Å². The van der Waals surface area contributed by atoms with E-state index in [-0.39, 0.29) is 5.91 Å². The first-order chi connectivity index (χ1) is 19.3. The summed E-state index contributed by atoms with van der Waals surface area (Å²) < 4.78 is 18.7. The number of carbonyl (C=O) groups is 1. The Kier molecular flexibility index (Phi) is 11.7. The Morgan fingerprint density at radius 3 is 2.33 bits per heavy atom. The summed E-state index contributed by atoms with van der Waals surface area (Å²) in [6, 6.07) is 9.11. The SMILES string of the molecule is O=C(NCCOCCOCCNc1nc(NCCCn2ccnc2)nc(N2CCOCC2)n1)c1ccccc1. The number of hydrogen-bond donors (Lipinski definition) is 3. The average molecular weight is 540 g/mol. The quantitative estimate of drug-likeness (QED) is 0.214. The molecule has 13 heteroatoms. The molecule has 0 spiro atoms. The van der Waals surface area contributed by atoms with Crippen LogP contribution in [-0.4, -0.2) is 103 Å². The van der Waals surface area contributed by atoms with Gasteiger partial charge >= 0.3 is 0 Å². The molecule has 1 aliphatic heterocycles. The van der Waals surface area contributed by atoms with Crippen molar-refractivity contribution in [2.24, 2.45) is 0 Å². The van der Waals surface area contributed by atoms with Crippen molar-refractivity contribution in [2.45, 2.75) is 13.0 Å². The molecule has 0 saturated carbocycles. The van der Waals surface area contributed by atoms with E-state index in [9.17, 15) is 4.79 Å². The number of anilines is 3. The first-order valence-electron chi connectivity index (χ1n) is 13.3. The third-order valence-corrected chi connectivity index (χ3v) is 5.82. The summed E-state index contributed by atoms with van der Waals surface area (Å²) >= 11 is 0. The molecule has 1 amide bonds. The number of rotatable bonds is 17. The fraction of sp³-hybridized carbons (Fsp3) is 0.500. The molecule has 0 unspecified atom stereocenters. The van der Waals surface area contributed by atoms with Gasteiger partial charge in [0.05, 0.1) is 46.0 Å². The van der Waals surface area contributed by atoms with Crippen molar-refractivity contribution in [3.8, 4) is 0 Å². The highest BCUT2D eigenvalue weighted by molar-refractivity contribution is 5.94.